The van der Waals surface area contributed by atoms with Gasteiger partial charge in [-0.2, -0.15) is 0 Å². The Balaban J connectivity index is 1.83. The summed E-state index contributed by atoms with van der Waals surface area (Å²) in [5.41, 5.74) is 3.64. The Kier molecular flexibility index (Phi) is 4.18. The van der Waals surface area contributed by atoms with Crippen molar-refractivity contribution in [3.63, 3.8) is 0 Å². The van der Waals surface area contributed by atoms with Gasteiger partial charge in [-0.15, -0.1) is 0 Å². The van der Waals surface area contributed by atoms with Crippen molar-refractivity contribution >= 4 is 5.82 Å². The summed E-state index contributed by atoms with van der Waals surface area (Å²) in [5.74, 6) is 2.52. The third-order valence-electron chi connectivity index (χ3n) is 4.18. The zero-order valence-electron chi connectivity index (χ0n) is 12.9. The molecule has 1 heterocycles. The SMILES string of the molecule is CCCNc1cc(-c2ccc(C3CCC3)cc2)nc(C)n1. The number of anilines is 1. The molecule has 0 atom stereocenters. The van der Waals surface area contributed by atoms with E-state index in [-0.39, 0.29) is 0 Å². The summed E-state index contributed by atoms with van der Waals surface area (Å²) >= 11 is 0. The van der Waals surface area contributed by atoms with Crippen molar-refractivity contribution in [2.24, 2.45) is 0 Å². The second kappa shape index (κ2) is 6.25. The Morgan fingerprint density at radius 2 is 1.90 bits per heavy atom. The summed E-state index contributed by atoms with van der Waals surface area (Å²) < 4.78 is 0. The van der Waals surface area contributed by atoms with Gasteiger partial charge in [-0.05, 0) is 37.7 Å². The van der Waals surface area contributed by atoms with Gasteiger partial charge in [0.05, 0.1) is 5.69 Å². The van der Waals surface area contributed by atoms with Gasteiger partial charge in [-0.25, -0.2) is 9.97 Å². The first-order valence-electron chi connectivity index (χ1n) is 7.96. The largest absolute Gasteiger partial charge is 0.370 e. The topological polar surface area (TPSA) is 37.8 Å². The molecule has 3 heteroatoms. The van der Waals surface area contributed by atoms with Crippen molar-refractivity contribution < 1.29 is 0 Å². The van der Waals surface area contributed by atoms with Gasteiger partial charge in [0.15, 0.2) is 0 Å². The number of aryl methyl sites for hydroxylation is 1. The van der Waals surface area contributed by atoms with Crippen molar-refractivity contribution in [2.45, 2.75) is 45.4 Å². The van der Waals surface area contributed by atoms with Crippen LogP contribution < -0.4 is 5.32 Å². The molecule has 0 saturated heterocycles. The average molecular weight is 281 g/mol. The lowest BCUT2D eigenvalue weighted by atomic mass is 9.80. The smallest absolute Gasteiger partial charge is 0.130 e. The molecule has 3 nitrogen and oxygen atoms in total. The van der Waals surface area contributed by atoms with Gasteiger partial charge in [0.1, 0.15) is 11.6 Å². The molecule has 0 radical (unpaired) electrons. The fraction of sp³-hybridized carbons (Fsp3) is 0.444. The summed E-state index contributed by atoms with van der Waals surface area (Å²) in [4.78, 5) is 9.01. The Bertz CT molecular complexity index is 600. The molecule has 1 aliphatic rings. The van der Waals surface area contributed by atoms with Crippen LogP contribution in [0.3, 0.4) is 0 Å². The quantitative estimate of drug-likeness (QED) is 0.874. The lowest BCUT2D eigenvalue weighted by Gasteiger charge is -2.25. The second-order valence-corrected chi connectivity index (χ2v) is 5.86. The average Bonchev–Trinajstić information content (AvgIpc) is 2.43. The van der Waals surface area contributed by atoms with Crippen molar-refractivity contribution in [3.8, 4) is 11.3 Å². The second-order valence-electron chi connectivity index (χ2n) is 5.86. The number of hydrogen-bond donors (Lipinski definition) is 1. The molecule has 21 heavy (non-hydrogen) atoms. The van der Waals surface area contributed by atoms with Crippen LogP contribution in [-0.4, -0.2) is 16.5 Å². The summed E-state index contributed by atoms with van der Waals surface area (Å²) in [6.45, 7) is 5.04. The van der Waals surface area contributed by atoms with E-state index in [1.807, 2.05) is 13.0 Å². The van der Waals surface area contributed by atoms with E-state index < -0.39 is 0 Å². The van der Waals surface area contributed by atoms with E-state index in [1.54, 1.807) is 0 Å². The maximum absolute atomic E-state index is 4.57. The van der Waals surface area contributed by atoms with Crippen LogP contribution in [0.1, 0.15) is 49.9 Å². The van der Waals surface area contributed by atoms with Gasteiger partial charge in [-0.1, -0.05) is 37.6 Å². The molecule has 3 rings (SSSR count). The van der Waals surface area contributed by atoms with Gasteiger partial charge in [0.2, 0.25) is 0 Å². The van der Waals surface area contributed by atoms with Gasteiger partial charge in [0.25, 0.3) is 0 Å². The Hall–Kier alpha value is -1.90. The predicted molar refractivity (Wildman–Crippen MR) is 87.6 cm³/mol. The molecule has 2 aromatic rings. The van der Waals surface area contributed by atoms with Crippen LogP contribution in [0.25, 0.3) is 11.3 Å². The highest BCUT2D eigenvalue weighted by molar-refractivity contribution is 5.63. The minimum atomic E-state index is 0.785. The standard InChI is InChI=1S/C18H23N3/c1-3-11-19-18-12-17(20-13(2)21-18)16-9-7-15(8-10-16)14-5-4-6-14/h7-10,12,14H,3-6,11H2,1-2H3,(H,19,20,21). The third-order valence-corrected chi connectivity index (χ3v) is 4.18. The van der Waals surface area contributed by atoms with Crippen LogP contribution in [0.2, 0.25) is 0 Å². The van der Waals surface area contributed by atoms with E-state index in [4.69, 9.17) is 0 Å². The van der Waals surface area contributed by atoms with Gasteiger partial charge in [0, 0.05) is 18.2 Å². The zero-order chi connectivity index (χ0) is 14.7. The van der Waals surface area contributed by atoms with Crippen molar-refractivity contribution in [2.75, 3.05) is 11.9 Å². The molecule has 0 aliphatic heterocycles. The fourth-order valence-corrected chi connectivity index (χ4v) is 2.73. The van der Waals surface area contributed by atoms with E-state index in [1.165, 1.54) is 30.4 Å². The van der Waals surface area contributed by atoms with Crippen LogP contribution in [0.5, 0.6) is 0 Å². The van der Waals surface area contributed by atoms with Crippen LogP contribution >= 0.6 is 0 Å². The van der Waals surface area contributed by atoms with Crippen molar-refractivity contribution in [1.29, 1.82) is 0 Å². The monoisotopic (exact) mass is 281 g/mol. The van der Waals surface area contributed by atoms with E-state index in [0.717, 1.165) is 36.2 Å². The molecule has 1 fully saturated rings. The maximum Gasteiger partial charge on any atom is 0.130 e. The summed E-state index contributed by atoms with van der Waals surface area (Å²) in [6, 6.07) is 10.9. The minimum Gasteiger partial charge on any atom is -0.370 e. The Morgan fingerprint density at radius 1 is 1.14 bits per heavy atom. The first kappa shape index (κ1) is 14.1. The molecule has 1 saturated carbocycles. The number of rotatable bonds is 5. The number of aromatic nitrogens is 2. The van der Waals surface area contributed by atoms with Crippen molar-refractivity contribution in [3.05, 3.63) is 41.7 Å². The van der Waals surface area contributed by atoms with Gasteiger partial charge >= 0.3 is 0 Å². The normalized spacial score (nSPS) is 14.8. The van der Waals surface area contributed by atoms with E-state index >= 15 is 0 Å². The van der Waals surface area contributed by atoms with E-state index in [0.29, 0.717) is 0 Å². The molecular formula is C18H23N3. The molecule has 1 aliphatic carbocycles. The van der Waals surface area contributed by atoms with Crippen LogP contribution in [0.4, 0.5) is 5.82 Å². The molecular weight excluding hydrogens is 258 g/mol. The molecule has 110 valence electrons. The number of nitrogens with one attached hydrogen (secondary N) is 1. The number of nitrogens with zero attached hydrogens (tertiary/aromatic N) is 2. The summed E-state index contributed by atoms with van der Waals surface area (Å²) in [7, 11) is 0. The fourth-order valence-electron chi connectivity index (χ4n) is 2.73. The lowest BCUT2D eigenvalue weighted by Crippen LogP contribution is -2.08. The number of benzene rings is 1. The molecule has 0 bridgehead atoms. The zero-order valence-corrected chi connectivity index (χ0v) is 12.9. The first-order valence-corrected chi connectivity index (χ1v) is 7.96. The maximum atomic E-state index is 4.57. The summed E-state index contributed by atoms with van der Waals surface area (Å²) in [5, 5.41) is 3.34. The van der Waals surface area contributed by atoms with Crippen LogP contribution in [0, 0.1) is 6.92 Å². The first-order chi connectivity index (χ1) is 10.3. The predicted octanol–water partition coefficient (Wildman–Crippen LogP) is 4.54. The van der Waals surface area contributed by atoms with Crippen LogP contribution in [0.15, 0.2) is 30.3 Å². The van der Waals surface area contributed by atoms with Gasteiger partial charge in [-0.3, -0.25) is 0 Å². The van der Waals surface area contributed by atoms with Crippen LogP contribution in [-0.2, 0) is 0 Å². The molecule has 0 spiro atoms. The highest BCUT2D eigenvalue weighted by atomic mass is 15.0. The third kappa shape index (κ3) is 3.23. The lowest BCUT2D eigenvalue weighted by molar-refractivity contribution is 0.420. The van der Waals surface area contributed by atoms with E-state index in [9.17, 15) is 0 Å². The molecule has 1 aromatic heterocycles. The van der Waals surface area contributed by atoms with Gasteiger partial charge < -0.3 is 5.32 Å². The highest BCUT2D eigenvalue weighted by Gasteiger charge is 2.19. The van der Waals surface area contributed by atoms with E-state index in [2.05, 4.69) is 46.5 Å². The molecule has 1 N–H and O–H groups in total. The van der Waals surface area contributed by atoms with Crippen molar-refractivity contribution in [1.82, 2.24) is 9.97 Å². The number of hydrogen-bond acceptors (Lipinski definition) is 3. The highest BCUT2D eigenvalue weighted by Crippen LogP contribution is 2.36. The Labute approximate surface area is 126 Å². The molecule has 0 unspecified atom stereocenters. The molecule has 1 aromatic carbocycles. The minimum absolute atomic E-state index is 0.785. The molecule has 0 amide bonds. The Morgan fingerprint density at radius 3 is 2.52 bits per heavy atom. The summed E-state index contributed by atoms with van der Waals surface area (Å²) in [6.07, 6.45) is 5.16.